The lowest BCUT2D eigenvalue weighted by Gasteiger charge is -2.20. The highest BCUT2D eigenvalue weighted by Gasteiger charge is 2.13. The van der Waals surface area contributed by atoms with Crippen molar-refractivity contribution in [3.63, 3.8) is 0 Å². The first-order valence-electron chi connectivity index (χ1n) is 48.9. The molecule has 0 spiro atoms. The van der Waals surface area contributed by atoms with Crippen LogP contribution in [0.2, 0.25) is 0 Å². The van der Waals surface area contributed by atoms with Crippen LogP contribution in [0.3, 0.4) is 0 Å². The van der Waals surface area contributed by atoms with Crippen molar-refractivity contribution >= 4 is 45.7 Å². The molecule has 0 radical (unpaired) electrons. The third-order valence-corrected chi connectivity index (χ3v) is 9.87. The van der Waals surface area contributed by atoms with Gasteiger partial charge in [0.2, 0.25) is 6.39 Å². The van der Waals surface area contributed by atoms with Gasteiger partial charge in [0.15, 0.2) is 12.7 Å². The molecule has 20 nitrogen and oxygen atoms in total. The minimum Gasteiger partial charge on any atom is -0.473 e. The molecular formula is C108H224N16O4S4. The van der Waals surface area contributed by atoms with Crippen LogP contribution in [0.1, 0.15) is 415 Å². The third-order valence-electron chi connectivity index (χ3n) is 7.76. The lowest BCUT2D eigenvalue weighted by molar-refractivity contribution is 0.354. The van der Waals surface area contributed by atoms with Gasteiger partial charge in [0.1, 0.15) is 37.0 Å². The van der Waals surface area contributed by atoms with Crippen molar-refractivity contribution in [2.45, 2.75) is 438 Å². The molecule has 0 bridgehead atoms. The highest BCUT2D eigenvalue weighted by molar-refractivity contribution is 7.07. The molecule has 0 aromatic carbocycles. The number of nitrogens with zero attached hydrogens (tertiary/aromatic N) is 16. The number of aromatic nitrogens is 16. The first-order chi connectivity index (χ1) is 62.3. The van der Waals surface area contributed by atoms with Crippen molar-refractivity contribution < 1.29 is 17.9 Å². The number of oxazole rings is 1. The van der Waals surface area contributed by atoms with Crippen molar-refractivity contribution in [3.05, 3.63) is 219 Å². The Hall–Kier alpha value is -7.80. The molecule has 0 amide bonds. The molecule has 0 fully saturated rings. The Morgan fingerprint density at radius 1 is 0.242 bits per heavy atom. The Morgan fingerprint density at radius 2 is 0.667 bits per heavy atom. The standard InChI is InChI=1S/C8H13N.2C7H12N2.C6H11N3.C4H4O.C4H4S.8C4H10.2C3H3NO.2C3H3NS.C2H2N2O.C2H2N2S.12C2H6/c1-8(2,3)9-6-4-5-7-9;1-7(2,3)9-5-4-8-6-9;1-7(2,3)9-6-4-5-8-9;1-6(2,3)9-5-7-4-8-9;2*1-2-4-5-3-1;8*1-4(2)3;1-2-5-3-4-1;1-2-4-5-3-1;1-2-5-3-4-1;1-2-4-5-3-1;2*1-3-2-5-4-1;12*1-2/h4-7H,1-3H3;2*4-6H,1-3H3;4-5H,1-3H3;2*1-4H;8*4H,1-3H3;4*1-3H;2*1-2H;12*1-2H3. The monoisotopic (exact) mass is 1940 g/mol. The quantitative estimate of drug-likeness (QED) is 0.137. The average Bonchev–Trinajstić information content (AvgIpc) is 1.77. The number of rotatable bonds is 0. The Balaban J connectivity index is -0.0000000552. The molecule has 132 heavy (non-hydrogen) atoms. The fourth-order valence-corrected chi connectivity index (χ4v) is 5.51. The second-order valence-electron chi connectivity index (χ2n) is 31.9. The number of hydrogen-bond donors (Lipinski definition) is 0. The van der Waals surface area contributed by atoms with E-state index >= 15 is 0 Å². The fraction of sp³-hybridized carbons (Fsp3) is 0.667. The molecule has 0 aliphatic carbocycles. The van der Waals surface area contributed by atoms with Crippen LogP contribution in [0.25, 0.3) is 0 Å². The first kappa shape index (κ1) is 174. The van der Waals surface area contributed by atoms with E-state index in [0.717, 1.165) is 47.3 Å². The second kappa shape index (κ2) is 157. The van der Waals surface area contributed by atoms with E-state index in [0.29, 0.717) is 0 Å². The summed E-state index contributed by atoms with van der Waals surface area (Å²) in [5.41, 5.74) is 4.08. The molecule has 0 unspecified atom stereocenters. The maximum Gasteiger partial charge on any atom is 0.213 e. The van der Waals surface area contributed by atoms with Gasteiger partial charge in [0, 0.05) is 71.4 Å². The van der Waals surface area contributed by atoms with E-state index in [-0.39, 0.29) is 22.2 Å². The normalized spacial score (nSPS) is 8.39. The highest BCUT2D eigenvalue weighted by atomic mass is 32.1. The molecular weight excluding hydrogens is 1710 g/mol. The fourth-order valence-electron chi connectivity index (χ4n) is 4.09. The van der Waals surface area contributed by atoms with E-state index in [9.17, 15) is 0 Å². The molecule has 0 saturated heterocycles. The summed E-state index contributed by atoms with van der Waals surface area (Å²) >= 11 is 6.13. The lowest BCUT2D eigenvalue weighted by atomic mass is 10.1. The van der Waals surface area contributed by atoms with Gasteiger partial charge < -0.3 is 27.0 Å². The van der Waals surface area contributed by atoms with Gasteiger partial charge in [-0.15, -0.1) is 11.3 Å². The summed E-state index contributed by atoms with van der Waals surface area (Å²) in [6, 6.07) is 17.4. The van der Waals surface area contributed by atoms with E-state index in [4.69, 9.17) is 0 Å². The molecule has 12 aromatic heterocycles. The number of thiazole rings is 1. The largest absolute Gasteiger partial charge is 0.473 e. The van der Waals surface area contributed by atoms with Crippen molar-refractivity contribution in [1.82, 2.24) is 77.7 Å². The second-order valence-corrected chi connectivity index (χ2v) is 34.8. The summed E-state index contributed by atoms with van der Waals surface area (Å²) in [7, 11) is 0. The van der Waals surface area contributed by atoms with E-state index in [2.05, 4.69) is 348 Å². The topological polar surface area (TPSA) is 227 Å². The predicted octanol–water partition coefficient (Wildman–Crippen LogP) is 39.4. The van der Waals surface area contributed by atoms with Crippen molar-refractivity contribution in [3.8, 4) is 0 Å². The zero-order valence-corrected chi connectivity index (χ0v) is 101. The van der Waals surface area contributed by atoms with Gasteiger partial charge in [-0.2, -0.15) is 25.9 Å². The Bertz CT molecular complexity index is 2430. The first-order valence-corrected chi connectivity index (χ1v) is 52.5. The smallest absolute Gasteiger partial charge is 0.213 e. The molecule has 0 aliphatic heterocycles. The van der Waals surface area contributed by atoms with Crippen molar-refractivity contribution in [2.24, 2.45) is 47.3 Å². The summed E-state index contributed by atoms with van der Waals surface area (Å²) in [4.78, 5) is 22.2. The third kappa shape index (κ3) is 253. The van der Waals surface area contributed by atoms with E-state index in [1.165, 1.54) is 61.0 Å². The Kier molecular flexibility index (Phi) is 207. The van der Waals surface area contributed by atoms with E-state index in [1.54, 1.807) is 102 Å². The van der Waals surface area contributed by atoms with Crippen LogP contribution in [0.5, 0.6) is 0 Å². The van der Waals surface area contributed by atoms with Crippen molar-refractivity contribution in [1.29, 1.82) is 0 Å². The molecule has 0 atom stereocenters. The van der Waals surface area contributed by atoms with Crippen LogP contribution in [-0.2, 0) is 22.2 Å². The van der Waals surface area contributed by atoms with Crippen LogP contribution in [0, 0.1) is 47.3 Å². The van der Waals surface area contributed by atoms with Crippen LogP contribution < -0.4 is 0 Å². The SMILES string of the molecule is CC.CC.CC.CC.CC.CC.CC.CC.CC.CC.CC.CC.CC(C)(C)n1cccc1.CC(C)(C)n1cccn1.CC(C)(C)n1ccnc1.CC(C)(C)n1cncn1.CC(C)C.CC(C)C.CC(C)C.CC(C)C.CC(C)C.CC(C)C.CC(C)C.CC(C)C.c1ccoc1.c1ccsc1.c1cnoc1.c1cnsc1.c1cocn1.c1cscn1.c1ncon1.c1ncsn1. The van der Waals surface area contributed by atoms with Crippen molar-refractivity contribution in [2.75, 3.05) is 0 Å². The zero-order chi connectivity index (χ0) is 109. The summed E-state index contributed by atoms with van der Waals surface area (Å²) in [5, 5.41) is 22.6. The number of hydrogen-bond acceptors (Lipinski definition) is 20. The summed E-state index contributed by atoms with van der Waals surface area (Å²) in [6.07, 6.45) is 35.3. The predicted molar refractivity (Wildman–Crippen MR) is 604 cm³/mol. The lowest BCUT2D eigenvalue weighted by Crippen LogP contribution is -2.21. The van der Waals surface area contributed by atoms with Gasteiger partial charge in [-0.1, -0.05) is 355 Å². The minimum absolute atomic E-state index is 0.0660. The maximum atomic E-state index is 4.58. The van der Waals surface area contributed by atoms with Crippen LogP contribution in [0.4, 0.5) is 0 Å². The van der Waals surface area contributed by atoms with E-state index < -0.39 is 0 Å². The van der Waals surface area contributed by atoms with Gasteiger partial charge in [0.05, 0.1) is 47.8 Å². The summed E-state index contributed by atoms with van der Waals surface area (Å²) in [5.74, 6) is 6.67. The van der Waals surface area contributed by atoms with Crippen LogP contribution in [-0.4, -0.2) is 77.7 Å². The van der Waals surface area contributed by atoms with Crippen LogP contribution >= 0.6 is 45.7 Å². The molecule has 0 N–H and O–H groups in total. The van der Waals surface area contributed by atoms with E-state index in [1.807, 2.05) is 264 Å². The molecule has 24 heteroatoms. The molecule has 784 valence electrons. The summed E-state index contributed by atoms with van der Waals surface area (Å²) in [6.45, 7) is 126. The molecule has 12 rings (SSSR count). The Morgan fingerprint density at radius 3 is 0.788 bits per heavy atom. The van der Waals surface area contributed by atoms with Gasteiger partial charge in [0.25, 0.3) is 0 Å². The maximum absolute atomic E-state index is 4.58. The van der Waals surface area contributed by atoms with Gasteiger partial charge in [-0.25, -0.2) is 34.0 Å². The van der Waals surface area contributed by atoms with Gasteiger partial charge in [-0.3, -0.25) is 9.67 Å². The van der Waals surface area contributed by atoms with Crippen LogP contribution in [0.15, 0.2) is 236 Å². The summed E-state index contributed by atoms with van der Waals surface area (Å²) < 4.78 is 33.1. The molecule has 0 aliphatic rings. The zero-order valence-electron chi connectivity index (χ0n) is 97.8. The minimum atomic E-state index is 0.0660. The highest BCUT2D eigenvalue weighted by Crippen LogP contribution is 2.14. The Labute approximate surface area is 839 Å². The average molecular weight is 1940 g/mol. The molecule has 12 aromatic rings. The number of imidazole rings is 1. The van der Waals surface area contributed by atoms with Gasteiger partial charge >= 0.3 is 0 Å². The molecule has 0 saturated carbocycles. The number of furan rings is 1. The number of thiophene rings is 1. The molecule has 12 heterocycles. The van der Waals surface area contributed by atoms with Gasteiger partial charge in [-0.05, 0) is 207 Å².